The Bertz CT molecular complexity index is 314. The van der Waals surface area contributed by atoms with Crippen molar-refractivity contribution in [2.45, 2.75) is 32.1 Å². The Hall–Kier alpha value is -0.340. The second-order valence-electron chi connectivity index (χ2n) is 4.81. The average molecular weight is 282 g/mol. The third-order valence-electron chi connectivity index (χ3n) is 3.42. The molecule has 2 heteroatoms. The van der Waals surface area contributed by atoms with Gasteiger partial charge in [0.05, 0.1) is 0 Å². The van der Waals surface area contributed by atoms with Gasteiger partial charge < -0.3 is 4.90 Å². The van der Waals surface area contributed by atoms with Gasteiger partial charge >= 0.3 is 0 Å². The normalized spacial score (nSPS) is 19.6. The summed E-state index contributed by atoms with van der Waals surface area (Å²) in [5.74, 6) is 0.645. The zero-order valence-electron chi connectivity index (χ0n) is 9.95. The lowest BCUT2D eigenvalue weighted by Crippen LogP contribution is -2.32. The first kappa shape index (κ1) is 12.1. The van der Waals surface area contributed by atoms with Crippen molar-refractivity contribution in [2.75, 3.05) is 19.6 Å². The van der Waals surface area contributed by atoms with E-state index in [-0.39, 0.29) is 0 Å². The lowest BCUT2D eigenvalue weighted by atomic mass is 9.99. The van der Waals surface area contributed by atoms with E-state index in [0.29, 0.717) is 5.92 Å². The summed E-state index contributed by atoms with van der Waals surface area (Å²) in [5.41, 5.74) is 1.45. The SMILES string of the molecule is CC(CN1CCCCC1)c1ccc(Br)cc1. The molecule has 1 heterocycles. The minimum Gasteiger partial charge on any atom is -0.303 e. The average Bonchev–Trinajstić information content (AvgIpc) is 2.31. The summed E-state index contributed by atoms with van der Waals surface area (Å²) >= 11 is 3.48. The number of hydrogen-bond acceptors (Lipinski definition) is 1. The minimum absolute atomic E-state index is 0.645. The van der Waals surface area contributed by atoms with E-state index in [1.807, 2.05) is 0 Å². The Balaban J connectivity index is 1.91. The molecule has 0 radical (unpaired) electrons. The molecule has 1 nitrogen and oxygen atoms in total. The lowest BCUT2D eigenvalue weighted by Gasteiger charge is -2.29. The number of likely N-dealkylation sites (tertiary alicyclic amines) is 1. The number of hydrogen-bond donors (Lipinski definition) is 0. The van der Waals surface area contributed by atoms with Crippen LogP contribution in [0.5, 0.6) is 0 Å². The van der Waals surface area contributed by atoms with Crippen LogP contribution < -0.4 is 0 Å². The van der Waals surface area contributed by atoms with Gasteiger partial charge in [-0.1, -0.05) is 41.4 Å². The predicted octanol–water partition coefficient (Wildman–Crippen LogP) is 4.04. The summed E-state index contributed by atoms with van der Waals surface area (Å²) in [7, 11) is 0. The Morgan fingerprint density at radius 2 is 1.75 bits per heavy atom. The van der Waals surface area contributed by atoms with Crippen LogP contribution in [0, 0.1) is 0 Å². The van der Waals surface area contributed by atoms with Crippen LogP contribution >= 0.6 is 15.9 Å². The molecule has 0 aromatic heterocycles. The van der Waals surface area contributed by atoms with Crippen LogP contribution in [0.15, 0.2) is 28.7 Å². The molecule has 0 aliphatic carbocycles. The van der Waals surface area contributed by atoms with Crippen molar-refractivity contribution in [3.05, 3.63) is 34.3 Å². The van der Waals surface area contributed by atoms with E-state index in [9.17, 15) is 0 Å². The van der Waals surface area contributed by atoms with Crippen LogP contribution in [0.1, 0.15) is 37.7 Å². The standard InChI is InChI=1S/C14H20BrN/c1-12(11-16-9-3-2-4-10-16)13-5-7-14(15)8-6-13/h5-8,12H,2-4,9-11H2,1H3. The number of rotatable bonds is 3. The van der Waals surface area contributed by atoms with Crippen molar-refractivity contribution in [2.24, 2.45) is 0 Å². The quantitative estimate of drug-likeness (QED) is 0.808. The monoisotopic (exact) mass is 281 g/mol. The minimum atomic E-state index is 0.645. The molecular formula is C14H20BrN. The fourth-order valence-electron chi connectivity index (χ4n) is 2.43. The molecular weight excluding hydrogens is 262 g/mol. The summed E-state index contributed by atoms with van der Waals surface area (Å²) in [6.07, 6.45) is 4.18. The zero-order chi connectivity index (χ0) is 11.4. The maximum absolute atomic E-state index is 3.48. The van der Waals surface area contributed by atoms with Crippen molar-refractivity contribution in [1.82, 2.24) is 4.90 Å². The van der Waals surface area contributed by atoms with Crippen LogP contribution in [-0.4, -0.2) is 24.5 Å². The van der Waals surface area contributed by atoms with Gasteiger partial charge in [-0.15, -0.1) is 0 Å². The fraction of sp³-hybridized carbons (Fsp3) is 0.571. The second-order valence-corrected chi connectivity index (χ2v) is 5.73. The van der Waals surface area contributed by atoms with Gasteiger partial charge in [0, 0.05) is 11.0 Å². The molecule has 1 unspecified atom stereocenters. The summed E-state index contributed by atoms with van der Waals surface area (Å²) in [4.78, 5) is 2.61. The molecule has 1 fully saturated rings. The van der Waals surface area contributed by atoms with Crippen molar-refractivity contribution in [3.8, 4) is 0 Å². The van der Waals surface area contributed by atoms with Gasteiger partial charge in [-0.25, -0.2) is 0 Å². The van der Waals surface area contributed by atoms with Gasteiger partial charge in [-0.05, 0) is 49.5 Å². The summed E-state index contributed by atoms with van der Waals surface area (Å²) < 4.78 is 1.17. The highest BCUT2D eigenvalue weighted by Gasteiger charge is 2.14. The van der Waals surface area contributed by atoms with Crippen LogP contribution in [0.2, 0.25) is 0 Å². The number of benzene rings is 1. The second kappa shape index (κ2) is 5.83. The predicted molar refractivity (Wildman–Crippen MR) is 72.8 cm³/mol. The van der Waals surface area contributed by atoms with Gasteiger partial charge in [-0.3, -0.25) is 0 Å². The summed E-state index contributed by atoms with van der Waals surface area (Å²) in [6, 6.07) is 8.75. The molecule has 88 valence electrons. The first-order valence-electron chi connectivity index (χ1n) is 6.23. The fourth-order valence-corrected chi connectivity index (χ4v) is 2.69. The molecule has 1 aliphatic heterocycles. The van der Waals surface area contributed by atoms with E-state index in [4.69, 9.17) is 0 Å². The van der Waals surface area contributed by atoms with Crippen LogP contribution in [0.3, 0.4) is 0 Å². The van der Waals surface area contributed by atoms with E-state index in [1.165, 1.54) is 48.9 Å². The highest BCUT2D eigenvalue weighted by atomic mass is 79.9. The van der Waals surface area contributed by atoms with E-state index < -0.39 is 0 Å². The Kier molecular flexibility index (Phi) is 4.42. The van der Waals surface area contributed by atoms with Crippen LogP contribution in [0.4, 0.5) is 0 Å². The van der Waals surface area contributed by atoms with Gasteiger partial charge in [0.1, 0.15) is 0 Å². The van der Waals surface area contributed by atoms with E-state index in [0.717, 1.165) is 0 Å². The van der Waals surface area contributed by atoms with Gasteiger partial charge in [0.15, 0.2) is 0 Å². The van der Waals surface area contributed by atoms with Crippen molar-refractivity contribution in [1.29, 1.82) is 0 Å². The number of halogens is 1. The molecule has 0 bridgehead atoms. The molecule has 1 saturated heterocycles. The smallest absolute Gasteiger partial charge is 0.0175 e. The van der Waals surface area contributed by atoms with Gasteiger partial charge in [0.2, 0.25) is 0 Å². The summed E-state index contributed by atoms with van der Waals surface area (Å²) in [6.45, 7) is 6.13. The van der Waals surface area contributed by atoms with Crippen molar-refractivity contribution in [3.63, 3.8) is 0 Å². The zero-order valence-corrected chi connectivity index (χ0v) is 11.5. The summed E-state index contributed by atoms with van der Waals surface area (Å²) in [5, 5.41) is 0. The molecule has 1 aliphatic rings. The molecule has 1 aromatic rings. The number of nitrogens with zero attached hydrogens (tertiary/aromatic N) is 1. The largest absolute Gasteiger partial charge is 0.303 e. The first-order chi connectivity index (χ1) is 7.75. The van der Waals surface area contributed by atoms with Crippen molar-refractivity contribution >= 4 is 15.9 Å². The molecule has 0 N–H and O–H groups in total. The number of piperidine rings is 1. The molecule has 16 heavy (non-hydrogen) atoms. The molecule has 1 aromatic carbocycles. The maximum Gasteiger partial charge on any atom is 0.0175 e. The van der Waals surface area contributed by atoms with Crippen molar-refractivity contribution < 1.29 is 0 Å². The Morgan fingerprint density at radius 3 is 2.38 bits per heavy atom. The van der Waals surface area contributed by atoms with Gasteiger partial charge in [-0.2, -0.15) is 0 Å². The maximum atomic E-state index is 3.48. The molecule has 0 amide bonds. The van der Waals surface area contributed by atoms with E-state index in [2.05, 4.69) is 52.0 Å². The Labute approximate surface area is 107 Å². The van der Waals surface area contributed by atoms with Gasteiger partial charge in [0.25, 0.3) is 0 Å². The molecule has 0 saturated carbocycles. The topological polar surface area (TPSA) is 3.24 Å². The van der Waals surface area contributed by atoms with Crippen LogP contribution in [0.25, 0.3) is 0 Å². The van der Waals surface area contributed by atoms with E-state index in [1.54, 1.807) is 0 Å². The Morgan fingerprint density at radius 1 is 1.12 bits per heavy atom. The lowest BCUT2D eigenvalue weighted by molar-refractivity contribution is 0.219. The molecule has 2 rings (SSSR count). The molecule has 1 atom stereocenters. The molecule has 0 spiro atoms. The van der Waals surface area contributed by atoms with E-state index >= 15 is 0 Å². The highest BCUT2D eigenvalue weighted by molar-refractivity contribution is 9.10. The third-order valence-corrected chi connectivity index (χ3v) is 3.95. The third kappa shape index (κ3) is 3.33. The first-order valence-corrected chi connectivity index (χ1v) is 7.03. The highest BCUT2D eigenvalue weighted by Crippen LogP contribution is 2.21. The van der Waals surface area contributed by atoms with Crippen LogP contribution in [-0.2, 0) is 0 Å².